The maximum atomic E-state index is 13.1. The van der Waals surface area contributed by atoms with Gasteiger partial charge < -0.3 is 4.42 Å². The number of carbonyl (C=O) groups is 3. The molecule has 14 heteroatoms. The number of hydrogen-bond acceptors (Lipinski definition) is 10. The Labute approximate surface area is 466 Å². The van der Waals surface area contributed by atoms with Crippen molar-refractivity contribution in [1.82, 2.24) is 9.80 Å². The second-order valence-corrected chi connectivity index (χ2v) is 20.6. The van der Waals surface area contributed by atoms with E-state index in [1.54, 1.807) is 33.1 Å². The van der Waals surface area contributed by atoms with Crippen molar-refractivity contribution >= 4 is 121 Å². The van der Waals surface area contributed by atoms with Crippen LogP contribution >= 0.6 is 46.9 Å². The molecule has 0 radical (unpaired) electrons. The van der Waals surface area contributed by atoms with Gasteiger partial charge in [0.25, 0.3) is 17.7 Å². The molecule has 3 amide bonds. The number of carbonyl (C=O) groups excluding carboxylic acids is 3. The van der Waals surface area contributed by atoms with Crippen LogP contribution in [0.1, 0.15) is 42.2 Å². The fourth-order valence-corrected chi connectivity index (χ4v) is 10.9. The fourth-order valence-electron chi connectivity index (χ4n) is 7.70. The number of nitrogens with zero attached hydrogens (tertiary/aromatic N) is 6. The number of thioether (sulfide) groups is 3. The van der Waals surface area contributed by atoms with Crippen LogP contribution in [0.25, 0.3) is 18.2 Å². The highest BCUT2D eigenvalue weighted by Crippen LogP contribution is 2.39. The molecule has 0 bridgehead atoms. The summed E-state index contributed by atoms with van der Waals surface area (Å²) in [4.78, 5) is 60.0. The SMILES string of the molecule is CCCCN1C(=O)/C(=C/c2ccccc2)SC1=Nc1ccccc1.O=C1/C(=C/c2ccccc2)SC(=Nc2ccccc2)N1Cc1ccco1.O=C1/C(=C/c2ccccc2)SC(=Nc2ccccc2)N1c1ccc(Cl)cc1. The second-order valence-electron chi connectivity index (χ2n) is 17.2. The Bertz CT molecular complexity index is 3450. The van der Waals surface area contributed by atoms with Crippen molar-refractivity contribution in [1.29, 1.82) is 0 Å². The van der Waals surface area contributed by atoms with Gasteiger partial charge in [-0.2, -0.15) is 0 Å². The van der Waals surface area contributed by atoms with E-state index >= 15 is 0 Å². The summed E-state index contributed by atoms with van der Waals surface area (Å²) >= 11 is 10.2. The van der Waals surface area contributed by atoms with Crippen LogP contribution in [-0.2, 0) is 20.9 Å². The Morgan fingerprint density at radius 3 is 1.27 bits per heavy atom. The summed E-state index contributed by atoms with van der Waals surface area (Å²) < 4.78 is 5.42. The van der Waals surface area contributed by atoms with Crippen LogP contribution in [0, 0.1) is 0 Å². The number of para-hydroxylation sites is 3. The summed E-state index contributed by atoms with van der Waals surface area (Å²) in [6, 6.07) is 69.5. The Morgan fingerprint density at radius 2 is 0.844 bits per heavy atom. The van der Waals surface area contributed by atoms with Gasteiger partial charge in [-0.3, -0.25) is 29.1 Å². The Kier molecular flexibility index (Phi) is 18.8. The molecule has 7 aromatic carbocycles. The lowest BCUT2D eigenvalue weighted by molar-refractivity contribution is -0.123. The molecule has 4 heterocycles. The molecular weight excluding hydrogens is 1040 g/mol. The molecule has 3 fully saturated rings. The summed E-state index contributed by atoms with van der Waals surface area (Å²) in [5.74, 6) is 0.610. The highest BCUT2D eigenvalue weighted by Gasteiger charge is 2.36. The van der Waals surface area contributed by atoms with E-state index in [9.17, 15) is 14.4 Å². The largest absolute Gasteiger partial charge is 0.467 e. The Hall–Kier alpha value is -8.20. The number of amidine groups is 3. The van der Waals surface area contributed by atoms with Crippen LogP contribution in [0.4, 0.5) is 22.7 Å². The predicted molar refractivity (Wildman–Crippen MR) is 321 cm³/mol. The van der Waals surface area contributed by atoms with Gasteiger partial charge in [-0.25, -0.2) is 15.0 Å². The van der Waals surface area contributed by atoms with Crippen molar-refractivity contribution in [3.63, 3.8) is 0 Å². The molecule has 0 aliphatic carbocycles. The number of furan rings is 1. The molecule has 1 aromatic heterocycles. The normalized spacial score (nSPS) is 17.4. The van der Waals surface area contributed by atoms with E-state index in [4.69, 9.17) is 21.0 Å². The standard InChI is InChI=1S/C22H15ClN2OS.C21H16N2O2S.C20H20N2OS/c23-17-11-13-19(14-12-17)25-21(26)20(15-16-7-3-1-4-8-16)27-22(25)24-18-9-5-2-6-10-18;24-20-19(14-16-8-3-1-4-9-16)26-21(22-17-10-5-2-6-11-17)23(20)15-18-12-7-13-25-18;1-2-3-14-22-19(23)18(15-16-10-6-4-7-11-16)24-20(22)21-17-12-8-5-9-13-17/h1-15H;1-14H,15H2;4-13,15H,2-3,14H2,1H3/b20-15-,24-22?;19-14-,22-21?;18-15-,21-20?. The smallest absolute Gasteiger partial charge is 0.271 e. The number of rotatable bonds is 12. The third-order valence-electron chi connectivity index (χ3n) is 11.5. The number of halogens is 1. The first-order valence-corrected chi connectivity index (χ1v) is 27.6. The minimum absolute atomic E-state index is 0.0481. The summed E-state index contributed by atoms with van der Waals surface area (Å²) in [5, 5.41) is 2.66. The van der Waals surface area contributed by atoms with Crippen LogP contribution in [0.2, 0.25) is 5.02 Å². The summed E-state index contributed by atoms with van der Waals surface area (Å²) in [6.07, 6.45) is 9.36. The third-order valence-corrected chi connectivity index (χ3v) is 14.8. The van der Waals surface area contributed by atoms with Crippen molar-refractivity contribution < 1.29 is 18.8 Å². The summed E-state index contributed by atoms with van der Waals surface area (Å²) in [6.45, 7) is 3.19. The molecule has 0 spiro atoms. The zero-order chi connectivity index (χ0) is 53.2. The van der Waals surface area contributed by atoms with Gasteiger partial charge in [-0.05, 0) is 149 Å². The molecule has 0 N–H and O–H groups in total. The number of aliphatic imine (C=N–C) groups is 3. The van der Waals surface area contributed by atoms with Crippen molar-refractivity contribution in [2.75, 3.05) is 11.4 Å². The molecule has 11 rings (SSSR count). The average Bonchev–Trinajstić information content (AvgIpc) is 4.28. The first kappa shape index (κ1) is 53.6. The molecule has 382 valence electrons. The van der Waals surface area contributed by atoms with Crippen LogP contribution in [0.15, 0.2) is 259 Å². The number of benzene rings is 7. The molecular formula is C63H51ClN6O4S3. The molecule has 0 saturated carbocycles. The molecule has 0 unspecified atom stereocenters. The second kappa shape index (κ2) is 27.0. The van der Waals surface area contributed by atoms with Gasteiger partial charge in [0.15, 0.2) is 15.5 Å². The predicted octanol–water partition coefficient (Wildman–Crippen LogP) is 16.3. The highest BCUT2D eigenvalue weighted by molar-refractivity contribution is 8.19. The van der Waals surface area contributed by atoms with Gasteiger partial charge >= 0.3 is 0 Å². The minimum atomic E-state index is -0.0964. The number of amides is 3. The third kappa shape index (κ3) is 14.8. The fraction of sp³-hybridized carbons (Fsp3) is 0.0794. The molecule has 10 nitrogen and oxygen atoms in total. The maximum absolute atomic E-state index is 13.1. The van der Waals surface area contributed by atoms with E-state index < -0.39 is 0 Å². The van der Waals surface area contributed by atoms with Crippen molar-refractivity contribution in [2.24, 2.45) is 15.0 Å². The van der Waals surface area contributed by atoms with Crippen molar-refractivity contribution in [3.8, 4) is 0 Å². The molecule has 3 aliphatic rings. The van der Waals surface area contributed by atoms with Crippen LogP contribution in [-0.4, -0.2) is 49.6 Å². The van der Waals surface area contributed by atoms with E-state index in [-0.39, 0.29) is 17.7 Å². The van der Waals surface area contributed by atoms with E-state index in [2.05, 4.69) is 16.9 Å². The molecule has 8 aromatic rings. The minimum Gasteiger partial charge on any atom is -0.467 e. The molecule has 3 aliphatic heterocycles. The van der Waals surface area contributed by atoms with Gasteiger partial charge in [-0.15, -0.1) is 0 Å². The Morgan fingerprint density at radius 1 is 0.455 bits per heavy atom. The van der Waals surface area contributed by atoms with E-state index in [0.717, 1.165) is 68.1 Å². The van der Waals surface area contributed by atoms with Crippen LogP contribution in [0.5, 0.6) is 0 Å². The van der Waals surface area contributed by atoms with Gasteiger partial charge in [0.2, 0.25) is 0 Å². The van der Waals surface area contributed by atoms with E-state index in [1.807, 2.05) is 224 Å². The average molecular weight is 1090 g/mol. The lowest BCUT2D eigenvalue weighted by Gasteiger charge is -2.15. The van der Waals surface area contributed by atoms with E-state index in [0.29, 0.717) is 38.3 Å². The van der Waals surface area contributed by atoms with Crippen molar-refractivity contribution in [3.05, 3.63) is 267 Å². The monoisotopic (exact) mass is 1090 g/mol. The Balaban J connectivity index is 0.000000141. The zero-order valence-corrected chi connectivity index (χ0v) is 45.0. The number of unbranched alkanes of at least 4 members (excludes halogenated alkanes) is 1. The van der Waals surface area contributed by atoms with Crippen molar-refractivity contribution in [2.45, 2.75) is 26.3 Å². The highest BCUT2D eigenvalue weighted by atomic mass is 35.5. The first-order valence-electron chi connectivity index (χ1n) is 24.8. The lowest BCUT2D eigenvalue weighted by atomic mass is 10.2. The number of hydrogen-bond donors (Lipinski definition) is 0. The van der Waals surface area contributed by atoms with Crippen LogP contribution < -0.4 is 4.90 Å². The topological polar surface area (TPSA) is 111 Å². The summed E-state index contributed by atoms with van der Waals surface area (Å²) in [5.41, 5.74) is 6.22. The van der Waals surface area contributed by atoms with Gasteiger partial charge in [0.05, 0.1) is 50.3 Å². The van der Waals surface area contributed by atoms with Gasteiger partial charge in [0, 0.05) is 11.6 Å². The zero-order valence-electron chi connectivity index (χ0n) is 41.8. The maximum Gasteiger partial charge on any atom is 0.271 e. The lowest BCUT2D eigenvalue weighted by Crippen LogP contribution is -2.30. The molecule has 3 saturated heterocycles. The quantitative estimate of drug-likeness (QED) is 0.112. The molecule has 0 atom stereocenters. The summed E-state index contributed by atoms with van der Waals surface area (Å²) in [7, 11) is 0. The molecule has 77 heavy (non-hydrogen) atoms. The first-order chi connectivity index (χ1) is 37.8. The number of anilines is 1. The van der Waals surface area contributed by atoms with Gasteiger partial charge in [-0.1, -0.05) is 171 Å². The van der Waals surface area contributed by atoms with Gasteiger partial charge in [0.1, 0.15) is 5.76 Å². The van der Waals surface area contributed by atoms with Crippen LogP contribution in [0.3, 0.4) is 0 Å². The van der Waals surface area contributed by atoms with E-state index in [1.165, 1.54) is 35.3 Å².